The van der Waals surface area contributed by atoms with Crippen molar-refractivity contribution in [3.63, 3.8) is 0 Å². The number of carbonyl (C=O) groups is 1. The third-order valence-corrected chi connectivity index (χ3v) is 7.74. The van der Waals surface area contributed by atoms with Gasteiger partial charge >= 0.3 is 12.1 Å². The lowest BCUT2D eigenvalue weighted by Gasteiger charge is -2.15. The van der Waals surface area contributed by atoms with Crippen molar-refractivity contribution >= 4 is 28.2 Å². The standard InChI is InChI=1S/C30H26F3N3O2S/c1-19-27(39-28(34-19)20-9-12-23(13-10-20)30(31,32)33)18-35(2)16-22-17-36(24-7-5-4-6-8-24)26-14-11-21(15-25(22)26)29(37)38-3/h4-15,17H,16,18H2,1-3H3. The Hall–Kier alpha value is -3.95. The molecule has 0 fully saturated rings. The Balaban J connectivity index is 1.41. The first-order valence-corrected chi connectivity index (χ1v) is 13.1. The molecule has 0 atom stereocenters. The van der Waals surface area contributed by atoms with Crippen LogP contribution < -0.4 is 0 Å². The summed E-state index contributed by atoms with van der Waals surface area (Å²) >= 11 is 1.48. The minimum absolute atomic E-state index is 0.389. The molecular weight excluding hydrogens is 523 g/mol. The predicted octanol–water partition coefficient (Wildman–Crippen LogP) is 7.50. The Morgan fingerprint density at radius 3 is 2.41 bits per heavy atom. The number of rotatable bonds is 7. The number of ether oxygens (including phenoxy) is 1. The molecule has 0 saturated carbocycles. The van der Waals surface area contributed by atoms with Crippen molar-refractivity contribution in [2.45, 2.75) is 26.2 Å². The van der Waals surface area contributed by atoms with Crippen LogP contribution in [0.15, 0.2) is 79.0 Å². The van der Waals surface area contributed by atoms with E-state index in [0.717, 1.165) is 44.9 Å². The van der Waals surface area contributed by atoms with Crippen molar-refractivity contribution in [1.29, 1.82) is 0 Å². The van der Waals surface area contributed by atoms with E-state index < -0.39 is 11.7 Å². The first-order chi connectivity index (χ1) is 18.6. The molecule has 2 heterocycles. The Morgan fingerprint density at radius 1 is 1.03 bits per heavy atom. The third kappa shape index (κ3) is 5.60. The van der Waals surface area contributed by atoms with Crippen LogP contribution in [0.3, 0.4) is 0 Å². The summed E-state index contributed by atoms with van der Waals surface area (Å²) in [6.45, 7) is 3.13. The maximum absolute atomic E-state index is 12.9. The van der Waals surface area contributed by atoms with Crippen molar-refractivity contribution in [1.82, 2.24) is 14.5 Å². The van der Waals surface area contributed by atoms with E-state index in [-0.39, 0.29) is 5.97 Å². The van der Waals surface area contributed by atoms with Crippen LogP contribution in [-0.4, -0.2) is 34.6 Å². The van der Waals surface area contributed by atoms with Crippen molar-refractivity contribution in [3.05, 3.63) is 106 Å². The molecule has 5 rings (SSSR count). The minimum atomic E-state index is -4.37. The van der Waals surface area contributed by atoms with Gasteiger partial charge in [-0.15, -0.1) is 11.3 Å². The van der Waals surface area contributed by atoms with Crippen LogP contribution >= 0.6 is 11.3 Å². The number of aryl methyl sites for hydroxylation is 1. The predicted molar refractivity (Wildman–Crippen MR) is 147 cm³/mol. The summed E-state index contributed by atoms with van der Waals surface area (Å²) in [7, 11) is 3.37. The van der Waals surface area contributed by atoms with Gasteiger partial charge in [0.1, 0.15) is 5.01 Å². The molecule has 0 bridgehead atoms. The number of thiazole rings is 1. The second kappa shape index (κ2) is 10.7. The molecule has 9 heteroatoms. The van der Waals surface area contributed by atoms with Crippen LogP contribution in [0.1, 0.15) is 32.1 Å². The van der Waals surface area contributed by atoms with E-state index in [9.17, 15) is 18.0 Å². The Kier molecular flexibility index (Phi) is 7.29. The van der Waals surface area contributed by atoms with Crippen LogP contribution in [0.25, 0.3) is 27.2 Å². The number of nitrogens with zero attached hydrogens (tertiary/aromatic N) is 3. The topological polar surface area (TPSA) is 47.4 Å². The number of hydrogen-bond donors (Lipinski definition) is 0. The van der Waals surface area contributed by atoms with Crippen molar-refractivity contribution < 1.29 is 22.7 Å². The Morgan fingerprint density at radius 2 is 1.74 bits per heavy atom. The zero-order valence-electron chi connectivity index (χ0n) is 21.6. The van der Waals surface area contributed by atoms with Gasteiger partial charge in [-0.2, -0.15) is 13.2 Å². The molecule has 2 aromatic heterocycles. The highest BCUT2D eigenvalue weighted by molar-refractivity contribution is 7.15. The highest BCUT2D eigenvalue weighted by atomic mass is 32.1. The Labute approximate surface area is 228 Å². The molecule has 39 heavy (non-hydrogen) atoms. The minimum Gasteiger partial charge on any atom is -0.465 e. The normalized spacial score (nSPS) is 11.9. The number of esters is 1. The molecule has 3 aromatic carbocycles. The number of para-hydroxylation sites is 1. The van der Waals surface area contributed by atoms with Crippen molar-refractivity contribution in [3.8, 4) is 16.3 Å². The fourth-order valence-corrected chi connectivity index (χ4v) is 5.71. The quantitative estimate of drug-likeness (QED) is 0.197. The second-order valence-electron chi connectivity index (χ2n) is 9.36. The molecule has 0 N–H and O–H groups in total. The second-order valence-corrected chi connectivity index (χ2v) is 10.4. The molecule has 0 aliphatic heterocycles. The summed E-state index contributed by atoms with van der Waals surface area (Å²) in [4.78, 5) is 20.0. The van der Waals surface area contributed by atoms with Gasteiger partial charge in [0.2, 0.25) is 0 Å². The lowest BCUT2D eigenvalue weighted by Crippen LogP contribution is -2.17. The first kappa shape index (κ1) is 26.6. The maximum atomic E-state index is 12.9. The molecule has 0 saturated heterocycles. The number of halogens is 3. The number of aromatic nitrogens is 2. The van der Waals surface area contributed by atoms with E-state index in [2.05, 4.69) is 20.6 Å². The SMILES string of the molecule is COC(=O)c1ccc2c(c1)c(CN(C)Cc1sc(-c3ccc(C(F)(F)F)cc3)nc1C)cn2-c1ccccc1. The monoisotopic (exact) mass is 549 g/mol. The van der Waals surface area contributed by atoms with Gasteiger partial charge in [0.25, 0.3) is 0 Å². The fraction of sp³-hybridized carbons (Fsp3) is 0.200. The van der Waals surface area contributed by atoms with Gasteiger partial charge in [-0.1, -0.05) is 30.3 Å². The van der Waals surface area contributed by atoms with E-state index in [1.807, 2.05) is 56.4 Å². The largest absolute Gasteiger partial charge is 0.465 e. The molecule has 5 nitrogen and oxygen atoms in total. The van der Waals surface area contributed by atoms with Crippen LogP contribution in [-0.2, 0) is 24.0 Å². The van der Waals surface area contributed by atoms with Gasteiger partial charge in [0, 0.05) is 40.8 Å². The molecule has 0 radical (unpaired) electrons. The molecule has 0 aliphatic rings. The summed E-state index contributed by atoms with van der Waals surface area (Å²) in [5.41, 5.74) is 4.36. The zero-order valence-corrected chi connectivity index (χ0v) is 22.4. The third-order valence-electron chi connectivity index (χ3n) is 6.55. The summed E-state index contributed by atoms with van der Waals surface area (Å²) in [5.74, 6) is -0.389. The van der Waals surface area contributed by atoms with Gasteiger partial charge < -0.3 is 9.30 Å². The molecule has 0 aliphatic carbocycles. The van der Waals surface area contributed by atoms with Crippen LogP contribution in [0, 0.1) is 6.92 Å². The summed E-state index contributed by atoms with van der Waals surface area (Å²) in [6.07, 6.45) is -2.28. The highest BCUT2D eigenvalue weighted by Crippen LogP contribution is 2.34. The maximum Gasteiger partial charge on any atom is 0.416 e. The van der Waals surface area contributed by atoms with Crippen molar-refractivity contribution in [2.24, 2.45) is 0 Å². The number of hydrogen-bond acceptors (Lipinski definition) is 5. The van der Waals surface area contributed by atoms with Gasteiger partial charge in [0.05, 0.1) is 29.4 Å². The van der Waals surface area contributed by atoms with Gasteiger partial charge in [0.15, 0.2) is 0 Å². The summed E-state index contributed by atoms with van der Waals surface area (Å²) in [5, 5.41) is 1.65. The molecule has 0 amide bonds. The smallest absolute Gasteiger partial charge is 0.416 e. The molecule has 0 spiro atoms. The number of fused-ring (bicyclic) bond motifs is 1. The van der Waals surface area contributed by atoms with Gasteiger partial charge in [-0.25, -0.2) is 9.78 Å². The van der Waals surface area contributed by atoms with Crippen LogP contribution in [0.2, 0.25) is 0 Å². The van der Waals surface area contributed by atoms with Gasteiger partial charge in [-0.3, -0.25) is 4.90 Å². The van der Waals surface area contributed by atoms with Gasteiger partial charge in [-0.05, 0) is 62.0 Å². The fourth-order valence-electron chi connectivity index (χ4n) is 4.56. The van der Waals surface area contributed by atoms with E-state index in [4.69, 9.17) is 4.74 Å². The van der Waals surface area contributed by atoms with E-state index in [1.165, 1.54) is 30.6 Å². The number of benzene rings is 3. The summed E-state index contributed by atoms with van der Waals surface area (Å²) in [6, 6.07) is 20.7. The first-order valence-electron chi connectivity index (χ1n) is 12.2. The molecule has 5 aromatic rings. The average molecular weight is 550 g/mol. The number of methoxy groups -OCH3 is 1. The Bertz CT molecular complexity index is 1620. The van der Waals surface area contributed by atoms with Crippen LogP contribution in [0.4, 0.5) is 13.2 Å². The molecule has 200 valence electrons. The molecular formula is C30H26F3N3O2S. The number of carbonyl (C=O) groups excluding carboxylic acids is 1. The number of alkyl halides is 3. The zero-order chi connectivity index (χ0) is 27.7. The molecule has 0 unspecified atom stereocenters. The van der Waals surface area contributed by atoms with Crippen molar-refractivity contribution in [2.75, 3.05) is 14.2 Å². The van der Waals surface area contributed by atoms with E-state index in [1.54, 1.807) is 6.07 Å². The lowest BCUT2D eigenvalue weighted by atomic mass is 10.1. The van der Waals surface area contributed by atoms with E-state index in [0.29, 0.717) is 29.2 Å². The van der Waals surface area contributed by atoms with Crippen LogP contribution in [0.5, 0.6) is 0 Å². The average Bonchev–Trinajstić information content (AvgIpc) is 3.47. The highest BCUT2D eigenvalue weighted by Gasteiger charge is 2.30. The van der Waals surface area contributed by atoms with E-state index >= 15 is 0 Å². The summed E-state index contributed by atoms with van der Waals surface area (Å²) < 4.78 is 45.9. The lowest BCUT2D eigenvalue weighted by molar-refractivity contribution is -0.137.